The minimum atomic E-state index is -4.42. The van der Waals surface area contributed by atoms with Gasteiger partial charge in [0.1, 0.15) is 17.2 Å². The van der Waals surface area contributed by atoms with Crippen LogP contribution in [-0.2, 0) is 6.18 Å². The number of aromatic nitrogens is 1. The maximum Gasteiger partial charge on any atom is 0.416 e. The number of pyridine rings is 1. The Morgan fingerprint density at radius 2 is 1.89 bits per heavy atom. The molecule has 3 nitrogen and oxygen atoms in total. The Hall–Kier alpha value is -2.37. The number of rotatable bonds is 3. The fourth-order valence-corrected chi connectivity index (χ4v) is 1.39. The van der Waals surface area contributed by atoms with Crippen LogP contribution < -0.4 is 4.74 Å². The Morgan fingerprint density at radius 3 is 2.47 bits per heavy atom. The molecule has 2 aromatic rings. The quantitative estimate of drug-likeness (QED) is 0.796. The van der Waals surface area contributed by atoms with Crippen LogP contribution in [0.25, 0.3) is 0 Å². The number of alkyl halides is 3. The minimum Gasteiger partial charge on any atom is -0.456 e. The first-order chi connectivity index (χ1) is 8.99. The second-order valence-corrected chi connectivity index (χ2v) is 3.66. The van der Waals surface area contributed by atoms with Gasteiger partial charge >= 0.3 is 6.18 Å². The van der Waals surface area contributed by atoms with Gasteiger partial charge in [-0.2, -0.15) is 13.2 Å². The molecule has 2 rings (SSSR count). The van der Waals surface area contributed by atoms with E-state index in [4.69, 9.17) is 4.74 Å². The monoisotopic (exact) mass is 267 g/mol. The standard InChI is InChI=1S/C13H8F3NO2/c14-13(15,16)9-2-1-3-11(6-9)19-12-5-4-10(8-18)17-7-12/h1-8H. The normalized spacial score (nSPS) is 11.1. The maximum absolute atomic E-state index is 12.5. The van der Waals surface area contributed by atoms with Gasteiger partial charge in [-0.15, -0.1) is 0 Å². The van der Waals surface area contributed by atoms with Crippen molar-refractivity contribution in [1.29, 1.82) is 0 Å². The minimum absolute atomic E-state index is 0.0514. The first kappa shape index (κ1) is 13.1. The van der Waals surface area contributed by atoms with E-state index in [-0.39, 0.29) is 17.2 Å². The fourth-order valence-electron chi connectivity index (χ4n) is 1.39. The number of aldehydes is 1. The summed E-state index contributed by atoms with van der Waals surface area (Å²) in [4.78, 5) is 14.2. The molecule has 1 aromatic carbocycles. The zero-order chi connectivity index (χ0) is 13.9. The lowest BCUT2D eigenvalue weighted by atomic mass is 10.2. The van der Waals surface area contributed by atoms with E-state index in [0.29, 0.717) is 6.29 Å². The molecule has 0 radical (unpaired) electrons. The van der Waals surface area contributed by atoms with Crippen LogP contribution in [0.15, 0.2) is 42.6 Å². The first-order valence-corrected chi connectivity index (χ1v) is 5.25. The van der Waals surface area contributed by atoms with Crippen LogP contribution in [0.1, 0.15) is 16.1 Å². The van der Waals surface area contributed by atoms with Crippen LogP contribution in [0.5, 0.6) is 11.5 Å². The molecule has 0 aliphatic heterocycles. The summed E-state index contributed by atoms with van der Waals surface area (Å²) in [5, 5.41) is 0. The Kier molecular flexibility index (Phi) is 3.50. The van der Waals surface area contributed by atoms with Crippen molar-refractivity contribution in [3.63, 3.8) is 0 Å². The molecular weight excluding hydrogens is 259 g/mol. The Balaban J connectivity index is 2.20. The van der Waals surface area contributed by atoms with Crippen LogP contribution >= 0.6 is 0 Å². The van der Waals surface area contributed by atoms with E-state index in [0.717, 1.165) is 12.1 Å². The number of hydrogen-bond donors (Lipinski definition) is 0. The van der Waals surface area contributed by atoms with E-state index < -0.39 is 11.7 Å². The zero-order valence-electron chi connectivity index (χ0n) is 9.52. The van der Waals surface area contributed by atoms with Crippen LogP contribution in [-0.4, -0.2) is 11.3 Å². The van der Waals surface area contributed by atoms with E-state index in [2.05, 4.69) is 4.98 Å². The highest BCUT2D eigenvalue weighted by atomic mass is 19.4. The zero-order valence-corrected chi connectivity index (χ0v) is 9.52. The number of halogens is 3. The number of nitrogens with zero attached hydrogens (tertiary/aromatic N) is 1. The highest BCUT2D eigenvalue weighted by molar-refractivity contribution is 5.71. The van der Waals surface area contributed by atoms with Gasteiger partial charge in [0.2, 0.25) is 0 Å². The van der Waals surface area contributed by atoms with Gasteiger partial charge in [0.25, 0.3) is 0 Å². The Labute approximate surface area is 106 Å². The van der Waals surface area contributed by atoms with E-state index >= 15 is 0 Å². The number of carbonyl (C=O) groups is 1. The average molecular weight is 267 g/mol. The van der Waals surface area contributed by atoms with Gasteiger partial charge in [0.15, 0.2) is 6.29 Å². The van der Waals surface area contributed by atoms with Crippen molar-refractivity contribution in [1.82, 2.24) is 4.98 Å². The van der Waals surface area contributed by atoms with Gasteiger partial charge in [-0.05, 0) is 30.3 Å². The summed E-state index contributed by atoms with van der Waals surface area (Å²) in [6.45, 7) is 0. The van der Waals surface area contributed by atoms with E-state index in [1.54, 1.807) is 0 Å². The molecule has 19 heavy (non-hydrogen) atoms. The molecule has 0 aliphatic carbocycles. The largest absolute Gasteiger partial charge is 0.456 e. The lowest BCUT2D eigenvalue weighted by Crippen LogP contribution is -2.04. The molecule has 0 saturated carbocycles. The molecule has 0 saturated heterocycles. The smallest absolute Gasteiger partial charge is 0.416 e. The van der Waals surface area contributed by atoms with Crippen LogP contribution in [0.4, 0.5) is 13.2 Å². The number of ether oxygens (including phenoxy) is 1. The highest BCUT2D eigenvalue weighted by Gasteiger charge is 2.30. The molecule has 0 N–H and O–H groups in total. The lowest BCUT2D eigenvalue weighted by Gasteiger charge is -2.09. The predicted octanol–water partition coefficient (Wildman–Crippen LogP) is 3.71. The Bertz CT molecular complexity index is 579. The lowest BCUT2D eigenvalue weighted by molar-refractivity contribution is -0.137. The highest BCUT2D eigenvalue weighted by Crippen LogP contribution is 2.32. The number of benzene rings is 1. The summed E-state index contributed by atoms with van der Waals surface area (Å²) in [5.74, 6) is 0.306. The third-order valence-electron chi connectivity index (χ3n) is 2.28. The third-order valence-corrected chi connectivity index (χ3v) is 2.28. The van der Waals surface area contributed by atoms with Gasteiger partial charge in [-0.25, -0.2) is 4.98 Å². The molecular formula is C13H8F3NO2. The molecule has 0 amide bonds. The molecule has 0 fully saturated rings. The van der Waals surface area contributed by atoms with Crippen molar-refractivity contribution in [3.8, 4) is 11.5 Å². The summed E-state index contributed by atoms with van der Waals surface area (Å²) >= 11 is 0. The molecule has 0 aliphatic rings. The summed E-state index contributed by atoms with van der Waals surface area (Å²) in [6.07, 6.45) is -2.59. The fraction of sp³-hybridized carbons (Fsp3) is 0.0769. The van der Waals surface area contributed by atoms with Crippen molar-refractivity contribution in [3.05, 3.63) is 53.9 Å². The topological polar surface area (TPSA) is 39.2 Å². The number of carbonyl (C=O) groups excluding carboxylic acids is 1. The van der Waals surface area contributed by atoms with Gasteiger partial charge in [-0.3, -0.25) is 4.79 Å². The van der Waals surface area contributed by atoms with Crippen LogP contribution in [0.2, 0.25) is 0 Å². The molecule has 0 spiro atoms. The Morgan fingerprint density at radius 1 is 1.11 bits per heavy atom. The first-order valence-electron chi connectivity index (χ1n) is 5.25. The summed E-state index contributed by atoms with van der Waals surface area (Å²) in [5.41, 5.74) is -0.570. The second kappa shape index (κ2) is 5.09. The maximum atomic E-state index is 12.5. The van der Waals surface area contributed by atoms with Gasteiger partial charge < -0.3 is 4.74 Å². The van der Waals surface area contributed by atoms with Crippen molar-refractivity contribution < 1.29 is 22.7 Å². The third kappa shape index (κ3) is 3.31. The average Bonchev–Trinajstić information content (AvgIpc) is 2.39. The molecule has 1 heterocycles. The number of hydrogen-bond acceptors (Lipinski definition) is 3. The summed E-state index contributed by atoms with van der Waals surface area (Å²) in [6, 6.07) is 7.38. The van der Waals surface area contributed by atoms with E-state index in [1.165, 1.54) is 30.5 Å². The van der Waals surface area contributed by atoms with Gasteiger partial charge in [0.05, 0.1) is 11.8 Å². The van der Waals surface area contributed by atoms with Crippen molar-refractivity contribution in [2.75, 3.05) is 0 Å². The molecule has 98 valence electrons. The van der Waals surface area contributed by atoms with Gasteiger partial charge in [0, 0.05) is 0 Å². The van der Waals surface area contributed by atoms with Crippen molar-refractivity contribution in [2.45, 2.75) is 6.18 Å². The van der Waals surface area contributed by atoms with Crippen molar-refractivity contribution >= 4 is 6.29 Å². The van der Waals surface area contributed by atoms with Crippen molar-refractivity contribution in [2.24, 2.45) is 0 Å². The molecule has 0 atom stereocenters. The SMILES string of the molecule is O=Cc1ccc(Oc2cccc(C(F)(F)F)c2)cn1. The molecule has 0 bridgehead atoms. The van der Waals surface area contributed by atoms with E-state index in [9.17, 15) is 18.0 Å². The van der Waals surface area contributed by atoms with Crippen LogP contribution in [0.3, 0.4) is 0 Å². The summed E-state index contributed by atoms with van der Waals surface area (Å²) in [7, 11) is 0. The molecule has 0 unspecified atom stereocenters. The molecule has 1 aromatic heterocycles. The predicted molar refractivity (Wildman–Crippen MR) is 61.1 cm³/mol. The van der Waals surface area contributed by atoms with Gasteiger partial charge in [-0.1, -0.05) is 6.07 Å². The molecule has 6 heteroatoms. The second-order valence-electron chi connectivity index (χ2n) is 3.66. The van der Waals surface area contributed by atoms with E-state index in [1.807, 2.05) is 0 Å². The van der Waals surface area contributed by atoms with Crippen LogP contribution in [0, 0.1) is 0 Å². The summed E-state index contributed by atoms with van der Waals surface area (Å²) < 4.78 is 42.7.